The summed E-state index contributed by atoms with van der Waals surface area (Å²) in [6.45, 7) is 11.0. The van der Waals surface area contributed by atoms with E-state index >= 15 is 0 Å². The Morgan fingerprint density at radius 1 is 1.35 bits per heavy atom. The Labute approximate surface area is 121 Å². The normalized spacial score (nSPS) is 22.9. The largest absolute Gasteiger partial charge is 0.375 e. The Kier molecular flexibility index (Phi) is 5.17. The smallest absolute Gasteiger partial charge is 0.134 e. The Morgan fingerprint density at radius 2 is 2.15 bits per heavy atom. The van der Waals surface area contributed by atoms with Gasteiger partial charge in [-0.2, -0.15) is 0 Å². The van der Waals surface area contributed by atoms with E-state index in [2.05, 4.69) is 49.0 Å². The molecule has 0 spiro atoms. The lowest BCUT2D eigenvalue weighted by atomic mass is 10.2. The van der Waals surface area contributed by atoms with E-state index < -0.39 is 0 Å². The van der Waals surface area contributed by atoms with Crippen molar-refractivity contribution >= 4 is 11.6 Å². The van der Waals surface area contributed by atoms with E-state index in [1.807, 2.05) is 0 Å². The van der Waals surface area contributed by atoms with Crippen LogP contribution in [0.1, 0.15) is 39.9 Å². The van der Waals surface area contributed by atoms with E-state index in [1.54, 1.807) is 0 Å². The summed E-state index contributed by atoms with van der Waals surface area (Å²) in [6, 6.07) is 2.40. The van der Waals surface area contributed by atoms with Crippen LogP contribution in [0.4, 0.5) is 11.6 Å². The molecule has 2 atom stereocenters. The zero-order valence-electron chi connectivity index (χ0n) is 13.0. The van der Waals surface area contributed by atoms with Gasteiger partial charge < -0.3 is 15.0 Å². The molecule has 2 unspecified atom stereocenters. The second-order valence-corrected chi connectivity index (χ2v) is 5.45. The number of ether oxygens (including phenoxy) is 1. The van der Waals surface area contributed by atoms with Crippen LogP contribution in [0.5, 0.6) is 0 Å². The first-order valence-electron chi connectivity index (χ1n) is 7.64. The molecular formula is C15H26N4O. The molecule has 0 aromatic carbocycles. The fraction of sp³-hybridized carbons (Fsp3) is 0.733. The minimum Gasteiger partial charge on any atom is -0.375 e. The van der Waals surface area contributed by atoms with Gasteiger partial charge in [0.05, 0.1) is 18.8 Å². The molecule has 1 aliphatic rings. The number of hydrogen-bond donors (Lipinski definition) is 1. The highest BCUT2D eigenvalue weighted by Crippen LogP contribution is 2.22. The fourth-order valence-corrected chi connectivity index (χ4v) is 2.46. The fourth-order valence-electron chi connectivity index (χ4n) is 2.46. The second-order valence-electron chi connectivity index (χ2n) is 5.45. The van der Waals surface area contributed by atoms with Gasteiger partial charge in [0, 0.05) is 25.6 Å². The van der Waals surface area contributed by atoms with Crippen LogP contribution in [0.2, 0.25) is 0 Å². The van der Waals surface area contributed by atoms with Crippen molar-refractivity contribution in [2.75, 3.05) is 29.9 Å². The quantitative estimate of drug-likeness (QED) is 0.896. The van der Waals surface area contributed by atoms with Gasteiger partial charge in [-0.3, -0.25) is 0 Å². The van der Waals surface area contributed by atoms with Crippen molar-refractivity contribution in [2.45, 2.75) is 52.7 Å². The van der Waals surface area contributed by atoms with Crippen LogP contribution < -0.4 is 10.2 Å². The number of nitrogens with one attached hydrogen (secondary N) is 1. The number of anilines is 2. The average molecular weight is 278 g/mol. The van der Waals surface area contributed by atoms with E-state index in [0.29, 0.717) is 6.04 Å². The molecule has 1 aromatic rings. The van der Waals surface area contributed by atoms with Crippen molar-refractivity contribution in [1.29, 1.82) is 0 Å². The maximum atomic E-state index is 5.70. The molecule has 0 aliphatic carbocycles. The minimum atomic E-state index is 0.248. The van der Waals surface area contributed by atoms with Crippen LogP contribution in [0.3, 0.4) is 0 Å². The van der Waals surface area contributed by atoms with Crippen LogP contribution >= 0.6 is 0 Å². The number of rotatable bonds is 5. The predicted molar refractivity (Wildman–Crippen MR) is 82.4 cm³/mol. The van der Waals surface area contributed by atoms with Crippen molar-refractivity contribution in [3.8, 4) is 0 Å². The van der Waals surface area contributed by atoms with E-state index in [9.17, 15) is 0 Å². The molecule has 2 heterocycles. The number of hydrogen-bond acceptors (Lipinski definition) is 5. The first-order valence-corrected chi connectivity index (χ1v) is 7.64. The number of aryl methyl sites for hydroxylation is 1. The van der Waals surface area contributed by atoms with Crippen LogP contribution in [-0.4, -0.2) is 41.8 Å². The van der Waals surface area contributed by atoms with E-state index in [4.69, 9.17) is 9.72 Å². The summed E-state index contributed by atoms with van der Waals surface area (Å²) in [5, 5.41) is 3.30. The molecule has 1 fully saturated rings. The van der Waals surface area contributed by atoms with Crippen LogP contribution in [0.15, 0.2) is 6.07 Å². The maximum Gasteiger partial charge on any atom is 0.134 e. The summed E-state index contributed by atoms with van der Waals surface area (Å²) in [7, 11) is 0. The van der Waals surface area contributed by atoms with Crippen LogP contribution in [0.25, 0.3) is 0 Å². The minimum absolute atomic E-state index is 0.248. The Balaban J connectivity index is 2.28. The first kappa shape index (κ1) is 15.0. The monoisotopic (exact) mass is 278 g/mol. The van der Waals surface area contributed by atoms with Crippen molar-refractivity contribution in [1.82, 2.24) is 9.97 Å². The van der Waals surface area contributed by atoms with Crippen molar-refractivity contribution in [2.24, 2.45) is 0 Å². The topological polar surface area (TPSA) is 50.3 Å². The van der Waals surface area contributed by atoms with Gasteiger partial charge in [0.25, 0.3) is 0 Å². The summed E-state index contributed by atoms with van der Waals surface area (Å²) in [5.74, 6) is 2.86. The third-order valence-electron chi connectivity index (χ3n) is 3.49. The molecule has 1 aliphatic heterocycles. The van der Waals surface area contributed by atoms with E-state index in [-0.39, 0.29) is 6.10 Å². The molecule has 1 aromatic heterocycles. The molecule has 5 heteroatoms. The molecule has 20 heavy (non-hydrogen) atoms. The Hall–Kier alpha value is -1.36. The lowest BCUT2D eigenvalue weighted by Crippen LogP contribution is -2.47. The second kappa shape index (κ2) is 6.88. The summed E-state index contributed by atoms with van der Waals surface area (Å²) in [6.07, 6.45) is 2.23. The highest BCUT2D eigenvalue weighted by molar-refractivity contribution is 5.50. The Bertz CT molecular complexity index is 414. The predicted octanol–water partition coefficient (Wildman–Crippen LogP) is 2.47. The standard InChI is InChI=1S/C15H26N4O/c1-5-7-13-17-14(16-6-2)8-15(18-13)19-9-12(4)20-10-11(19)3/h8,11-12H,5-7,9-10H2,1-4H3,(H,16,17,18). The van der Waals surface area contributed by atoms with Gasteiger partial charge in [-0.05, 0) is 27.2 Å². The van der Waals surface area contributed by atoms with Gasteiger partial charge in [-0.15, -0.1) is 0 Å². The Morgan fingerprint density at radius 3 is 2.85 bits per heavy atom. The van der Waals surface area contributed by atoms with Crippen molar-refractivity contribution < 1.29 is 4.74 Å². The van der Waals surface area contributed by atoms with Crippen LogP contribution in [-0.2, 0) is 11.2 Å². The van der Waals surface area contributed by atoms with E-state index in [0.717, 1.165) is 50.0 Å². The van der Waals surface area contributed by atoms with Gasteiger partial charge in [0.1, 0.15) is 17.5 Å². The zero-order chi connectivity index (χ0) is 14.5. The molecular weight excluding hydrogens is 252 g/mol. The molecule has 0 saturated carbocycles. The molecule has 5 nitrogen and oxygen atoms in total. The van der Waals surface area contributed by atoms with Gasteiger partial charge in [0.15, 0.2) is 0 Å². The summed E-state index contributed by atoms with van der Waals surface area (Å²) >= 11 is 0. The number of aromatic nitrogens is 2. The summed E-state index contributed by atoms with van der Waals surface area (Å²) < 4.78 is 5.70. The summed E-state index contributed by atoms with van der Waals surface area (Å²) in [5.41, 5.74) is 0. The maximum absolute atomic E-state index is 5.70. The van der Waals surface area contributed by atoms with Crippen molar-refractivity contribution in [3.05, 3.63) is 11.9 Å². The van der Waals surface area contributed by atoms with Gasteiger partial charge >= 0.3 is 0 Å². The lowest BCUT2D eigenvalue weighted by molar-refractivity contribution is 0.0340. The van der Waals surface area contributed by atoms with Gasteiger partial charge in [-0.1, -0.05) is 6.92 Å². The van der Waals surface area contributed by atoms with Gasteiger partial charge in [-0.25, -0.2) is 9.97 Å². The highest BCUT2D eigenvalue weighted by Gasteiger charge is 2.25. The highest BCUT2D eigenvalue weighted by atomic mass is 16.5. The van der Waals surface area contributed by atoms with E-state index in [1.165, 1.54) is 0 Å². The number of nitrogens with zero attached hydrogens (tertiary/aromatic N) is 3. The molecule has 0 amide bonds. The molecule has 1 N–H and O–H groups in total. The molecule has 0 bridgehead atoms. The molecule has 1 saturated heterocycles. The first-order chi connectivity index (χ1) is 9.63. The average Bonchev–Trinajstić information content (AvgIpc) is 2.42. The lowest BCUT2D eigenvalue weighted by Gasteiger charge is -2.37. The third kappa shape index (κ3) is 3.60. The molecule has 2 rings (SSSR count). The SMILES string of the molecule is CCCc1nc(NCC)cc(N2CC(C)OCC2C)n1. The molecule has 112 valence electrons. The van der Waals surface area contributed by atoms with Crippen molar-refractivity contribution in [3.63, 3.8) is 0 Å². The van der Waals surface area contributed by atoms with Gasteiger partial charge in [0.2, 0.25) is 0 Å². The zero-order valence-corrected chi connectivity index (χ0v) is 13.0. The third-order valence-corrected chi connectivity index (χ3v) is 3.49. The summed E-state index contributed by atoms with van der Waals surface area (Å²) in [4.78, 5) is 11.6. The van der Waals surface area contributed by atoms with Crippen LogP contribution in [0, 0.1) is 0 Å². The number of morpholine rings is 1. The molecule has 0 radical (unpaired) electrons.